The van der Waals surface area contributed by atoms with Gasteiger partial charge in [-0.25, -0.2) is 0 Å². The van der Waals surface area contributed by atoms with Crippen molar-refractivity contribution in [3.8, 4) is 0 Å². The molecule has 1 saturated carbocycles. The van der Waals surface area contributed by atoms with Crippen LogP contribution in [0.5, 0.6) is 0 Å². The minimum absolute atomic E-state index is 0.118. The third-order valence-electron chi connectivity index (χ3n) is 2.19. The van der Waals surface area contributed by atoms with Gasteiger partial charge in [0.05, 0.1) is 5.92 Å². The van der Waals surface area contributed by atoms with E-state index in [4.69, 9.17) is 5.11 Å². The normalized spacial score (nSPS) is 29.4. The van der Waals surface area contributed by atoms with Gasteiger partial charge < -0.3 is 5.11 Å². The summed E-state index contributed by atoms with van der Waals surface area (Å²) in [6.45, 7) is 1.71. The van der Waals surface area contributed by atoms with Crippen molar-refractivity contribution in [3.05, 3.63) is 0 Å². The van der Waals surface area contributed by atoms with Gasteiger partial charge in [0.1, 0.15) is 11.7 Å². The lowest BCUT2D eigenvalue weighted by molar-refractivity contribution is -0.145. The summed E-state index contributed by atoms with van der Waals surface area (Å²) in [6, 6.07) is 0. The Morgan fingerprint density at radius 3 is 2.42 bits per heavy atom. The maximum atomic E-state index is 11.2. The highest BCUT2D eigenvalue weighted by Gasteiger charge is 2.43. The Morgan fingerprint density at radius 1 is 1.58 bits per heavy atom. The van der Waals surface area contributed by atoms with Crippen LogP contribution in [-0.4, -0.2) is 22.6 Å². The molecule has 1 aliphatic carbocycles. The number of hydrogen-bond acceptors (Lipinski definition) is 3. The van der Waals surface area contributed by atoms with Gasteiger partial charge in [0.15, 0.2) is 5.78 Å². The first kappa shape index (κ1) is 8.90. The van der Waals surface area contributed by atoms with Crippen LogP contribution in [0.2, 0.25) is 0 Å². The summed E-state index contributed by atoms with van der Waals surface area (Å²) in [5, 5.41) is 8.54. The van der Waals surface area contributed by atoms with E-state index in [0.717, 1.165) is 0 Å². The van der Waals surface area contributed by atoms with Gasteiger partial charge in [0, 0.05) is 6.42 Å². The number of carbonyl (C=O) groups is 3. The Hall–Kier alpha value is -1.19. The Labute approximate surface area is 69.6 Å². The zero-order valence-corrected chi connectivity index (χ0v) is 6.74. The Morgan fingerprint density at radius 2 is 2.17 bits per heavy atom. The molecule has 0 saturated heterocycles. The predicted molar refractivity (Wildman–Crippen MR) is 39.5 cm³/mol. The van der Waals surface area contributed by atoms with E-state index in [1.807, 2.05) is 0 Å². The van der Waals surface area contributed by atoms with Crippen LogP contribution < -0.4 is 0 Å². The topological polar surface area (TPSA) is 71.4 Å². The van der Waals surface area contributed by atoms with Crippen LogP contribution >= 0.6 is 0 Å². The van der Waals surface area contributed by atoms with Crippen LogP contribution in [0, 0.1) is 11.8 Å². The molecule has 0 spiro atoms. The molecule has 1 rings (SSSR count). The lowest BCUT2D eigenvalue weighted by Crippen LogP contribution is -2.21. The standard InChI is InChI=1S/C8H10O4/c1-2-4-6(9)3-5(7(4)10)8(11)12/h4-5H,2-3H2,1H3,(H,11,12). The minimum Gasteiger partial charge on any atom is -0.481 e. The van der Waals surface area contributed by atoms with Crippen molar-refractivity contribution in [2.24, 2.45) is 11.8 Å². The van der Waals surface area contributed by atoms with Crippen molar-refractivity contribution >= 4 is 17.5 Å². The molecule has 1 fully saturated rings. The predicted octanol–water partition coefficient (Wildman–Crippen LogP) is 0.255. The average molecular weight is 170 g/mol. The Balaban J connectivity index is 2.82. The summed E-state index contributed by atoms with van der Waals surface area (Å²) in [5.41, 5.74) is 0. The molecule has 2 atom stereocenters. The summed E-state index contributed by atoms with van der Waals surface area (Å²) in [5.74, 6) is -3.57. The van der Waals surface area contributed by atoms with E-state index in [2.05, 4.69) is 0 Å². The zero-order chi connectivity index (χ0) is 9.30. The molecule has 0 aromatic heterocycles. The molecule has 0 aliphatic heterocycles. The highest BCUT2D eigenvalue weighted by molar-refractivity contribution is 6.17. The summed E-state index contributed by atoms with van der Waals surface area (Å²) >= 11 is 0. The van der Waals surface area contributed by atoms with Crippen molar-refractivity contribution in [3.63, 3.8) is 0 Å². The molecule has 0 amide bonds. The van der Waals surface area contributed by atoms with Crippen molar-refractivity contribution in [2.75, 3.05) is 0 Å². The molecular weight excluding hydrogens is 160 g/mol. The number of carboxylic acids is 1. The van der Waals surface area contributed by atoms with Gasteiger partial charge in [-0.1, -0.05) is 6.92 Å². The molecule has 0 radical (unpaired) electrons. The van der Waals surface area contributed by atoms with Crippen molar-refractivity contribution in [2.45, 2.75) is 19.8 Å². The van der Waals surface area contributed by atoms with Gasteiger partial charge in [-0.05, 0) is 6.42 Å². The largest absolute Gasteiger partial charge is 0.481 e. The van der Waals surface area contributed by atoms with Gasteiger partial charge in [-0.2, -0.15) is 0 Å². The van der Waals surface area contributed by atoms with Crippen LogP contribution in [-0.2, 0) is 14.4 Å². The number of carbonyl (C=O) groups excluding carboxylic acids is 2. The summed E-state index contributed by atoms with van der Waals surface area (Å²) < 4.78 is 0. The summed E-state index contributed by atoms with van der Waals surface area (Å²) in [4.78, 5) is 32.7. The average Bonchev–Trinajstić information content (AvgIpc) is 2.27. The smallest absolute Gasteiger partial charge is 0.314 e. The molecule has 1 aliphatic rings. The van der Waals surface area contributed by atoms with E-state index in [0.29, 0.717) is 6.42 Å². The fraction of sp³-hybridized carbons (Fsp3) is 0.625. The van der Waals surface area contributed by atoms with Crippen LogP contribution in [0.25, 0.3) is 0 Å². The fourth-order valence-corrected chi connectivity index (χ4v) is 1.48. The summed E-state index contributed by atoms with van der Waals surface area (Å²) in [6.07, 6.45) is 0.300. The maximum Gasteiger partial charge on any atom is 0.314 e. The third-order valence-corrected chi connectivity index (χ3v) is 2.19. The first-order valence-corrected chi connectivity index (χ1v) is 3.87. The van der Waals surface area contributed by atoms with E-state index in [1.54, 1.807) is 6.92 Å². The second kappa shape index (κ2) is 3.05. The lowest BCUT2D eigenvalue weighted by Gasteiger charge is -2.01. The zero-order valence-electron chi connectivity index (χ0n) is 6.74. The molecule has 0 bridgehead atoms. The van der Waals surface area contributed by atoms with Crippen LogP contribution in [0.4, 0.5) is 0 Å². The van der Waals surface area contributed by atoms with Gasteiger partial charge in [0.25, 0.3) is 0 Å². The minimum atomic E-state index is -1.18. The molecule has 4 nitrogen and oxygen atoms in total. The second-order valence-electron chi connectivity index (χ2n) is 2.92. The van der Waals surface area contributed by atoms with Gasteiger partial charge in [0.2, 0.25) is 0 Å². The van der Waals surface area contributed by atoms with Gasteiger partial charge in [-0.3, -0.25) is 14.4 Å². The van der Waals surface area contributed by atoms with Crippen LogP contribution in [0.3, 0.4) is 0 Å². The molecule has 0 heterocycles. The number of ketones is 2. The van der Waals surface area contributed by atoms with Gasteiger partial charge in [-0.15, -0.1) is 0 Å². The highest BCUT2D eigenvalue weighted by atomic mass is 16.4. The van der Waals surface area contributed by atoms with Gasteiger partial charge >= 0.3 is 5.97 Å². The van der Waals surface area contributed by atoms with E-state index in [1.165, 1.54) is 0 Å². The van der Waals surface area contributed by atoms with Crippen molar-refractivity contribution < 1.29 is 19.5 Å². The molecule has 4 heteroatoms. The lowest BCUT2D eigenvalue weighted by atomic mass is 10.0. The number of Topliss-reactive ketones (excluding diaryl/α,β-unsaturated/α-hetero) is 2. The van der Waals surface area contributed by atoms with Crippen LogP contribution in [0.1, 0.15) is 19.8 Å². The fourth-order valence-electron chi connectivity index (χ4n) is 1.48. The third kappa shape index (κ3) is 1.24. The van der Waals surface area contributed by atoms with Crippen molar-refractivity contribution in [1.29, 1.82) is 0 Å². The quantitative estimate of drug-likeness (QED) is 0.603. The highest BCUT2D eigenvalue weighted by Crippen LogP contribution is 2.26. The molecular formula is C8H10O4. The van der Waals surface area contributed by atoms with E-state index >= 15 is 0 Å². The maximum absolute atomic E-state index is 11.2. The van der Waals surface area contributed by atoms with Crippen LogP contribution in [0.15, 0.2) is 0 Å². The number of carboxylic acid groups (broad SMARTS) is 1. The molecule has 66 valence electrons. The Bertz CT molecular complexity index is 243. The first-order chi connectivity index (χ1) is 5.57. The molecule has 12 heavy (non-hydrogen) atoms. The first-order valence-electron chi connectivity index (χ1n) is 3.87. The summed E-state index contributed by atoms with van der Waals surface area (Å²) in [7, 11) is 0. The Kier molecular flexibility index (Phi) is 2.26. The van der Waals surface area contributed by atoms with E-state index in [9.17, 15) is 14.4 Å². The SMILES string of the molecule is CCC1C(=O)CC(C(=O)O)C1=O. The second-order valence-corrected chi connectivity index (χ2v) is 2.92. The monoisotopic (exact) mass is 170 g/mol. The van der Waals surface area contributed by atoms with Crippen molar-refractivity contribution in [1.82, 2.24) is 0 Å². The molecule has 0 aromatic rings. The van der Waals surface area contributed by atoms with E-state index in [-0.39, 0.29) is 12.2 Å². The van der Waals surface area contributed by atoms with E-state index < -0.39 is 23.6 Å². The molecule has 2 unspecified atom stereocenters. The molecule has 0 aromatic carbocycles. The molecule has 1 N–H and O–H groups in total. The number of hydrogen-bond donors (Lipinski definition) is 1. The number of rotatable bonds is 2. The number of aliphatic carboxylic acids is 1.